The van der Waals surface area contributed by atoms with Gasteiger partial charge in [0.05, 0.1) is 0 Å². The van der Waals surface area contributed by atoms with Gasteiger partial charge in [-0.05, 0) is 89.8 Å². The summed E-state index contributed by atoms with van der Waals surface area (Å²) >= 11 is 0. The molecule has 0 atom stereocenters. The van der Waals surface area contributed by atoms with Crippen LogP contribution >= 0.6 is 0 Å². The van der Waals surface area contributed by atoms with Crippen LogP contribution in [0.3, 0.4) is 0 Å². The first-order valence-electron chi connectivity index (χ1n) is 12.2. The zero-order valence-electron chi connectivity index (χ0n) is 20.9. The molecule has 1 N–H and O–H groups in total. The monoisotopic (exact) mass is 509 g/mol. The first-order valence-corrected chi connectivity index (χ1v) is 12.2. The quantitative estimate of drug-likeness (QED) is 0.250. The molecule has 0 aliphatic carbocycles. The Balaban J connectivity index is 1.35. The van der Waals surface area contributed by atoms with Crippen LogP contribution in [0, 0.1) is 11.6 Å². The van der Waals surface area contributed by atoms with Crippen molar-refractivity contribution in [2.75, 3.05) is 5.32 Å². The largest absolute Gasteiger partial charge is 0.457 e. The molecule has 190 valence electrons. The number of ether oxygens (including phenoxy) is 1. The lowest BCUT2D eigenvalue weighted by Crippen LogP contribution is -2.19. The van der Waals surface area contributed by atoms with E-state index in [1.807, 2.05) is 24.3 Å². The van der Waals surface area contributed by atoms with Crippen molar-refractivity contribution >= 4 is 11.7 Å². The lowest BCUT2D eigenvalue weighted by molar-refractivity contribution is 0.251. The molecule has 0 saturated heterocycles. The maximum Gasteiger partial charge on any atom is 0.346 e. The topological polar surface area (TPSA) is 56.1 Å². The van der Waals surface area contributed by atoms with E-state index in [1.165, 1.54) is 34.5 Å². The molecule has 0 fully saturated rings. The van der Waals surface area contributed by atoms with Crippen LogP contribution in [0.1, 0.15) is 25.3 Å². The van der Waals surface area contributed by atoms with Crippen LogP contribution in [0.15, 0.2) is 103 Å². The molecule has 0 aliphatic rings. The van der Waals surface area contributed by atoms with Gasteiger partial charge in [0.15, 0.2) is 0 Å². The molecule has 7 heteroatoms. The van der Waals surface area contributed by atoms with Crippen molar-refractivity contribution < 1.29 is 18.3 Å². The second kappa shape index (κ2) is 10.7. The van der Waals surface area contributed by atoms with Crippen molar-refractivity contribution in [3.8, 4) is 33.9 Å². The van der Waals surface area contributed by atoms with E-state index in [9.17, 15) is 13.6 Å². The van der Waals surface area contributed by atoms with E-state index < -0.39 is 6.03 Å². The van der Waals surface area contributed by atoms with E-state index in [-0.39, 0.29) is 11.6 Å². The third kappa shape index (κ3) is 5.62. The summed E-state index contributed by atoms with van der Waals surface area (Å²) in [7, 11) is 0. The fourth-order valence-corrected chi connectivity index (χ4v) is 3.98. The Hall–Kier alpha value is -4.78. The second-order valence-corrected chi connectivity index (χ2v) is 9.13. The molecule has 1 heterocycles. The van der Waals surface area contributed by atoms with E-state index in [1.54, 1.807) is 54.7 Å². The molecule has 0 unspecified atom stereocenters. The Morgan fingerprint density at radius 1 is 0.763 bits per heavy atom. The van der Waals surface area contributed by atoms with Gasteiger partial charge in [-0.3, -0.25) is 0 Å². The number of anilines is 1. The molecule has 5 rings (SSSR count). The summed E-state index contributed by atoms with van der Waals surface area (Å²) in [4.78, 5) is 13.1. The number of amides is 1. The molecule has 38 heavy (non-hydrogen) atoms. The Labute approximate surface area is 219 Å². The smallest absolute Gasteiger partial charge is 0.346 e. The predicted molar refractivity (Wildman–Crippen MR) is 144 cm³/mol. The summed E-state index contributed by atoms with van der Waals surface area (Å²) in [5, 5.41) is 7.28. The molecule has 0 aliphatic heterocycles. The van der Waals surface area contributed by atoms with Crippen molar-refractivity contribution in [3.05, 3.63) is 120 Å². The number of aromatic nitrogens is 2. The van der Waals surface area contributed by atoms with E-state index in [0.717, 1.165) is 5.75 Å². The van der Waals surface area contributed by atoms with E-state index in [0.29, 0.717) is 39.7 Å². The summed E-state index contributed by atoms with van der Waals surface area (Å²) in [5.41, 5.74) is 4.17. The normalized spacial score (nSPS) is 11.0. The van der Waals surface area contributed by atoms with Gasteiger partial charge in [-0.15, -0.1) is 0 Å². The molecule has 0 bridgehead atoms. The summed E-state index contributed by atoms with van der Waals surface area (Å²) in [6.45, 7) is 4.28. The minimum atomic E-state index is -0.486. The minimum Gasteiger partial charge on any atom is -0.457 e. The van der Waals surface area contributed by atoms with Gasteiger partial charge in [-0.2, -0.15) is 9.78 Å². The van der Waals surface area contributed by atoms with Gasteiger partial charge >= 0.3 is 6.03 Å². The number of nitrogens with one attached hydrogen (secondary N) is 1. The lowest BCUT2D eigenvalue weighted by Gasteiger charge is -2.10. The van der Waals surface area contributed by atoms with Gasteiger partial charge in [0, 0.05) is 23.0 Å². The van der Waals surface area contributed by atoms with Gasteiger partial charge in [-0.25, -0.2) is 13.6 Å². The van der Waals surface area contributed by atoms with Crippen LogP contribution < -0.4 is 10.1 Å². The number of nitrogens with zero attached hydrogens (tertiary/aromatic N) is 2. The number of carbonyl (C=O) groups is 1. The Morgan fingerprint density at radius 3 is 1.84 bits per heavy atom. The fourth-order valence-electron chi connectivity index (χ4n) is 3.98. The number of halogens is 2. The van der Waals surface area contributed by atoms with Gasteiger partial charge in [0.25, 0.3) is 0 Å². The Kier molecular flexibility index (Phi) is 7.00. The number of carbonyl (C=O) groups excluding carboxylic acids is 1. The van der Waals surface area contributed by atoms with Crippen LogP contribution in [0.5, 0.6) is 11.5 Å². The maximum atomic E-state index is 13.5. The van der Waals surface area contributed by atoms with Crippen LogP contribution in [-0.2, 0) is 0 Å². The SMILES string of the molecule is CC(C)c1ccc(Oc2ccc(NC(=O)n3cc(-c4ccc(F)cc4)c(-c4ccc(F)cc4)n3)cc2)cc1. The van der Waals surface area contributed by atoms with Gasteiger partial charge in [0.1, 0.15) is 28.8 Å². The molecule has 1 aromatic heterocycles. The number of hydrogen-bond acceptors (Lipinski definition) is 3. The zero-order chi connectivity index (χ0) is 26.6. The summed E-state index contributed by atoms with van der Waals surface area (Å²) in [6, 6.07) is 26.2. The van der Waals surface area contributed by atoms with Gasteiger partial charge < -0.3 is 10.1 Å². The highest BCUT2D eigenvalue weighted by molar-refractivity contribution is 5.92. The Morgan fingerprint density at radius 2 is 1.29 bits per heavy atom. The molecule has 0 saturated carbocycles. The van der Waals surface area contributed by atoms with E-state index in [2.05, 4.69) is 24.3 Å². The highest BCUT2D eigenvalue weighted by Crippen LogP contribution is 2.32. The first-order chi connectivity index (χ1) is 18.4. The van der Waals surface area contributed by atoms with Crippen molar-refractivity contribution in [1.82, 2.24) is 9.78 Å². The highest BCUT2D eigenvalue weighted by Gasteiger charge is 2.17. The van der Waals surface area contributed by atoms with Gasteiger partial charge in [0.2, 0.25) is 0 Å². The lowest BCUT2D eigenvalue weighted by atomic mass is 10.0. The molecule has 4 aromatic carbocycles. The number of benzene rings is 4. The fraction of sp³-hybridized carbons (Fsp3) is 0.0968. The average molecular weight is 510 g/mol. The summed E-state index contributed by atoms with van der Waals surface area (Å²) in [6.07, 6.45) is 1.57. The number of rotatable bonds is 6. The molecular weight excluding hydrogens is 484 g/mol. The summed E-state index contributed by atoms with van der Waals surface area (Å²) in [5.74, 6) is 1.05. The minimum absolute atomic E-state index is 0.373. The Bertz CT molecular complexity index is 1480. The van der Waals surface area contributed by atoms with E-state index >= 15 is 0 Å². The predicted octanol–water partition coefficient (Wildman–Crippen LogP) is 8.49. The zero-order valence-corrected chi connectivity index (χ0v) is 20.9. The third-order valence-electron chi connectivity index (χ3n) is 6.08. The maximum absolute atomic E-state index is 13.5. The van der Waals surface area contributed by atoms with Crippen LogP contribution in [0.2, 0.25) is 0 Å². The van der Waals surface area contributed by atoms with Crippen molar-refractivity contribution in [2.45, 2.75) is 19.8 Å². The molecular formula is C31H25F2N3O2. The molecule has 0 radical (unpaired) electrons. The summed E-state index contributed by atoms with van der Waals surface area (Å²) < 4.78 is 34.1. The first kappa shape index (κ1) is 24.9. The molecule has 0 spiro atoms. The highest BCUT2D eigenvalue weighted by atomic mass is 19.1. The van der Waals surface area contributed by atoms with Crippen molar-refractivity contribution in [2.24, 2.45) is 0 Å². The molecule has 1 amide bonds. The van der Waals surface area contributed by atoms with Gasteiger partial charge in [-0.1, -0.05) is 38.1 Å². The van der Waals surface area contributed by atoms with Crippen molar-refractivity contribution in [3.63, 3.8) is 0 Å². The van der Waals surface area contributed by atoms with Crippen LogP contribution in [0.25, 0.3) is 22.4 Å². The number of hydrogen-bond donors (Lipinski definition) is 1. The average Bonchev–Trinajstić information content (AvgIpc) is 3.37. The van der Waals surface area contributed by atoms with Crippen LogP contribution in [0.4, 0.5) is 19.3 Å². The standard InChI is InChI=1S/C31H25F2N3O2/c1-20(2)21-7-15-27(16-8-21)38-28-17-13-26(14-18-28)34-31(37)36-19-29(22-3-9-24(32)10-4-22)30(35-36)23-5-11-25(33)12-6-23/h3-20H,1-2H3,(H,34,37). The van der Waals surface area contributed by atoms with Crippen LogP contribution in [-0.4, -0.2) is 15.8 Å². The molecule has 5 nitrogen and oxygen atoms in total. The molecule has 5 aromatic rings. The van der Waals surface area contributed by atoms with Crippen molar-refractivity contribution in [1.29, 1.82) is 0 Å². The second-order valence-electron chi connectivity index (χ2n) is 9.13. The third-order valence-corrected chi connectivity index (χ3v) is 6.08. The van der Waals surface area contributed by atoms with E-state index in [4.69, 9.17) is 4.74 Å².